The van der Waals surface area contributed by atoms with Crippen molar-refractivity contribution in [2.75, 3.05) is 13.6 Å². The van der Waals surface area contributed by atoms with E-state index in [1.807, 2.05) is 0 Å². The Bertz CT molecular complexity index is 430. The minimum absolute atomic E-state index is 0.0230. The third-order valence-corrected chi connectivity index (χ3v) is 2.31. The number of halogens is 2. The van der Waals surface area contributed by atoms with Crippen molar-refractivity contribution in [3.63, 3.8) is 0 Å². The van der Waals surface area contributed by atoms with E-state index < -0.39 is 17.4 Å². The van der Waals surface area contributed by atoms with Gasteiger partial charge in [0.05, 0.1) is 0 Å². The van der Waals surface area contributed by atoms with Crippen LogP contribution in [0, 0.1) is 11.6 Å². The highest BCUT2D eigenvalue weighted by molar-refractivity contribution is 5.78. The minimum atomic E-state index is -0.852. The number of carbonyl (C=O) groups excluding carboxylic acids is 2. The Morgan fingerprint density at radius 2 is 1.90 bits per heavy atom. The number of rotatable bonds is 6. The van der Waals surface area contributed by atoms with Crippen molar-refractivity contribution < 1.29 is 23.5 Å². The second-order valence-electron chi connectivity index (χ2n) is 3.69. The van der Waals surface area contributed by atoms with E-state index in [2.05, 4.69) is 11.1 Å². The summed E-state index contributed by atoms with van der Waals surface area (Å²) in [6, 6.07) is 1.62. The summed E-state index contributed by atoms with van der Waals surface area (Å²) in [6.45, 7) is 0.0658. The van der Waals surface area contributed by atoms with Gasteiger partial charge < -0.3 is 21.0 Å². The summed E-state index contributed by atoms with van der Waals surface area (Å²) in [5, 5.41) is 11.4. The molecule has 4 N–H and O–H groups in total. The first-order valence-corrected chi connectivity index (χ1v) is 5.99. The van der Waals surface area contributed by atoms with E-state index in [1.54, 1.807) is 0 Å². The second-order valence-corrected chi connectivity index (χ2v) is 3.69. The molecule has 0 aromatic heterocycles. The molecule has 0 fully saturated rings. The van der Waals surface area contributed by atoms with Crippen molar-refractivity contribution in [1.29, 1.82) is 0 Å². The molecule has 1 rings (SSSR count). The van der Waals surface area contributed by atoms with Gasteiger partial charge in [0.25, 0.3) is 0 Å². The van der Waals surface area contributed by atoms with Crippen LogP contribution in [0.3, 0.4) is 0 Å². The lowest BCUT2D eigenvalue weighted by molar-refractivity contribution is -0.122. The maximum atomic E-state index is 13.3. The zero-order valence-electron chi connectivity index (χ0n) is 11.2. The van der Waals surface area contributed by atoms with Gasteiger partial charge in [0.2, 0.25) is 5.91 Å². The van der Waals surface area contributed by atoms with Gasteiger partial charge in [-0.2, -0.15) is 0 Å². The summed E-state index contributed by atoms with van der Waals surface area (Å²) < 4.78 is 26.6. The Morgan fingerprint density at radius 3 is 2.40 bits per heavy atom. The van der Waals surface area contributed by atoms with Gasteiger partial charge in [0.1, 0.15) is 23.7 Å². The molecule has 20 heavy (non-hydrogen) atoms. The number of amides is 1. The molecular weight excluding hydrogens is 270 g/mol. The van der Waals surface area contributed by atoms with Crippen LogP contribution in [0.15, 0.2) is 12.1 Å². The Morgan fingerprint density at radius 1 is 1.35 bits per heavy atom. The number of benzene rings is 1. The molecule has 1 amide bonds. The van der Waals surface area contributed by atoms with Crippen LogP contribution >= 0.6 is 0 Å². The van der Waals surface area contributed by atoms with Crippen molar-refractivity contribution in [3.8, 4) is 5.75 Å². The molecule has 7 heteroatoms. The molecule has 0 radical (unpaired) electrons. The molecule has 0 aliphatic heterocycles. The molecule has 0 aliphatic carbocycles. The summed E-state index contributed by atoms with van der Waals surface area (Å²) in [4.78, 5) is 21.1. The molecule has 0 bridgehead atoms. The van der Waals surface area contributed by atoms with Gasteiger partial charge >= 0.3 is 0 Å². The van der Waals surface area contributed by atoms with Crippen LogP contribution in [0.25, 0.3) is 0 Å². The van der Waals surface area contributed by atoms with Gasteiger partial charge in [-0.1, -0.05) is 0 Å². The Hall–Kier alpha value is -2.02. The monoisotopic (exact) mass is 288 g/mol. The Balaban J connectivity index is 0.00000172. The van der Waals surface area contributed by atoms with Crippen LogP contribution in [0.4, 0.5) is 8.78 Å². The lowest BCUT2D eigenvalue weighted by Crippen LogP contribution is -2.25. The van der Waals surface area contributed by atoms with Crippen molar-refractivity contribution >= 4 is 12.2 Å². The van der Waals surface area contributed by atoms with Gasteiger partial charge in [0, 0.05) is 37.1 Å². The van der Waals surface area contributed by atoms with E-state index in [4.69, 9.17) is 5.11 Å². The number of nitrogens with one attached hydrogen (secondary N) is 1. The first-order chi connectivity index (χ1) is 9.54. The quantitative estimate of drug-likeness (QED) is 0.678. The predicted octanol–water partition coefficient (Wildman–Crippen LogP) is 0.883. The van der Waals surface area contributed by atoms with Gasteiger partial charge in [0.15, 0.2) is 0 Å². The average molecular weight is 288 g/mol. The van der Waals surface area contributed by atoms with Gasteiger partial charge in [-0.05, 0) is 13.5 Å². The van der Waals surface area contributed by atoms with Crippen LogP contribution in [-0.4, -0.2) is 30.9 Å². The van der Waals surface area contributed by atoms with Gasteiger partial charge in [-0.25, -0.2) is 8.78 Å². The molecule has 0 saturated carbocycles. The highest BCUT2D eigenvalue weighted by atomic mass is 19.1. The maximum absolute atomic E-state index is 13.3. The molecule has 0 heterocycles. The molecule has 0 atom stereocenters. The lowest BCUT2D eigenvalue weighted by Gasteiger charge is -2.07. The molecule has 1 aromatic rings. The van der Waals surface area contributed by atoms with E-state index >= 15 is 0 Å². The molecular formula is C13H18F2N2O3. The normalized spacial score (nSPS) is 9.40. The third-order valence-electron chi connectivity index (χ3n) is 2.31. The summed E-state index contributed by atoms with van der Waals surface area (Å²) in [6.07, 6.45) is 0.779. The number of aromatic hydroxyl groups is 1. The molecule has 0 saturated heterocycles. The average Bonchev–Trinajstić information content (AvgIpc) is 2.41. The lowest BCUT2D eigenvalue weighted by atomic mass is 10.1. The van der Waals surface area contributed by atoms with E-state index in [0.29, 0.717) is 6.29 Å². The molecule has 0 spiro atoms. The SMILES string of the molecule is CN.O=CCCC(=O)NCCc1c(F)cc(O)cc1F. The number of aldehydes is 1. The summed E-state index contributed by atoms with van der Waals surface area (Å²) in [5.74, 6) is -2.53. The van der Waals surface area contributed by atoms with Crippen LogP contribution in [0.5, 0.6) is 5.75 Å². The number of hydrogen-bond donors (Lipinski definition) is 3. The summed E-state index contributed by atoms with van der Waals surface area (Å²) in [5.41, 5.74) is 4.31. The predicted molar refractivity (Wildman–Crippen MR) is 70.1 cm³/mol. The summed E-state index contributed by atoms with van der Waals surface area (Å²) >= 11 is 0. The largest absolute Gasteiger partial charge is 0.508 e. The second kappa shape index (κ2) is 9.85. The van der Waals surface area contributed by atoms with Crippen molar-refractivity contribution in [2.45, 2.75) is 19.3 Å². The number of hydrogen-bond acceptors (Lipinski definition) is 4. The van der Waals surface area contributed by atoms with Crippen molar-refractivity contribution in [1.82, 2.24) is 5.32 Å². The molecule has 0 aliphatic rings. The number of carbonyl (C=O) groups is 2. The topological polar surface area (TPSA) is 92.4 Å². The first kappa shape index (κ1) is 18.0. The fourth-order valence-electron chi connectivity index (χ4n) is 1.43. The highest BCUT2D eigenvalue weighted by Gasteiger charge is 2.11. The standard InChI is InChI=1S/C12H13F2NO3.CH5N/c13-10-6-8(17)7-11(14)9(10)3-4-15-12(18)2-1-5-16;1-2/h5-7,17H,1-4H2,(H,15,18);2H2,1H3. The van der Waals surface area contributed by atoms with Crippen LogP contribution < -0.4 is 11.1 Å². The zero-order chi connectivity index (χ0) is 15.5. The molecule has 112 valence electrons. The van der Waals surface area contributed by atoms with E-state index in [1.165, 1.54) is 7.05 Å². The fourth-order valence-corrected chi connectivity index (χ4v) is 1.43. The van der Waals surface area contributed by atoms with E-state index in [9.17, 15) is 18.4 Å². The Kier molecular flexibility index (Phi) is 8.86. The van der Waals surface area contributed by atoms with E-state index in [0.717, 1.165) is 12.1 Å². The molecule has 1 aromatic carbocycles. The third kappa shape index (κ3) is 6.24. The van der Waals surface area contributed by atoms with Crippen molar-refractivity contribution in [2.24, 2.45) is 5.73 Å². The van der Waals surface area contributed by atoms with Crippen LogP contribution in [0.1, 0.15) is 18.4 Å². The smallest absolute Gasteiger partial charge is 0.220 e. The fraction of sp³-hybridized carbons (Fsp3) is 0.385. The van der Waals surface area contributed by atoms with Crippen LogP contribution in [0.2, 0.25) is 0 Å². The van der Waals surface area contributed by atoms with Crippen LogP contribution in [-0.2, 0) is 16.0 Å². The van der Waals surface area contributed by atoms with Crippen molar-refractivity contribution in [3.05, 3.63) is 29.3 Å². The number of nitrogens with two attached hydrogens (primary N) is 1. The van der Waals surface area contributed by atoms with Gasteiger partial charge in [-0.3, -0.25) is 4.79 Å². The summed E-state index contributed by atoms with van der Waals surface area (Å²) in [7, 11) is 1.50. The minimum Gasteiger partial charge on any atom is -0.508 e. The highest BCUT2D eigenvalue weighted by Crippen LogP contribution is 2.19. The van der Waals surface area contributed by atoms with Gasteiger partial charge in [-0.15, -0.1) is 0 Å². The zero-order valence-corrected chi connectivity index (χ0v) is 11.2. The molecule has 5 nitrogen and oxygen atoms in total. The number of phenols is 1. The Labute approximate surface area is 115 Å². The van der Waals surface area contributed by atoms with E-state index in [-0.39, 0.29) is 37.3 Å². The first-order valence-electron chi connectivity index (χ1n) is 5.99. The molecule has 0 unspecified atom stereocenters. The maximum Gasteiger partial charge on any atom is 0.220 e. The number of phenolic OH excluding ortho intramolecular Hbond substituents is 1.